The standard InChI is InChI=1S/C22H29NO/c1-5-16(3)21-10-8-7-9-20(15-22(23-21)17(4)24)19-13-11-18(6-2)12-14-19/h10-16H,5-9H2,1-4H3/b20-15+,21-10-,23-22+. The van der Waals surface area contributed by atoms with Crippen molar-refractivity contribution in [2.45, 2.75) is 59.8 Å². The Morgan fingerprint density at radius 3 is 2.50 bits per heavy atom. The lowest BCUT2D eigenvalue weighted by molar-refractivity contribution is -0.111. The largest absolute Gasteiger partial charge is 0.293 e. The van der Waals surface area contributed by atoms with Gasteiger partial charge in [-0.25, -0.2) is 4.99 Å². The predicted molar refractivity (Wildman–Crippen MR) is 103 cm³/mol. The van der Waals surface area contributed by atoms with Crippen LogP contribution in [0.4, 0.5) is 0 Å². The molecule has 0 aromatic heterocycles. The molecule has 0 N–H and O–H groups in total. The molecule has 0 fully saturated rings. The summed E-state index contributed by atoms with van der Waals surface area (Å²) >= 11 is 0. The number of aliphatic imine (C=N–C) groups is 1. The van der Waals surface area contributed by atoms with E-state index in [-0.39, 0.29) is 5.78 Å². The summed E-state index contributed by atoms with van der Waals surface area (Å²) in [4.78, 5) is 16.8. The Kier molecular flexibility index (Phi) is 6.72. The first-order valence-corrected chi connectivity index (χ1v) is 9.14. The first kappa shape index (κ1) is 18.4. The summed E-state index contributed by atoms with van der Waals surface area (Å²) in [5, 5.41) is 0. The number of rotatable bonds is 5. The molecule has 2 rings (SSSR count). The molecule has 128 valence electrons. The zero-order valence-corrected chi connectivity index (χ0v) is 15.4. The molecule has 0 amide bonds. The Labute approximate surface area is 146 Å². The van der Waals surface area contributed by atoms with Gasteiger partial charge in [-0.2, -0.15) is 0 Å². The van der Waals surface area contributed by atoms with Crippen LogP contribution in [0.1, 0.15) is 64.5 Å². The normalized spacial score (nSPS) is 23.4. The maximum Gasteiger partial charge on any atom is 0.178 e. The summed E-state index contributed by atoms with van der Waals surface area (Å²) in [6, 6.07) is 8.69. The van der Waals surface area contributed by atoms with Gasteiger partial charge in [0.15, 0.2) is 5.78 Å². The third-order valence-corrected chi connectivity index (χ3v) is 4.78. The van der Waals surface area contributed by atoms with Crippen LogP contribution < -0.4 is 0 Å². The van der Waals surface area contributed by atoms with Gasteiger partial charge < -0.3 is 0 Å². The van der Waals surface area contributed by atoms with E-state index in [0.717, 1.165) is 37.8 Å². The zero-order valence-electron chi connectivity index (χ0n) is 15.4. The summed E-state index contributed by atoms with van der Waals surface area (Å²) in [5.74, 6) is 0.423. The van der Waals surface area contributed by atoms with Gasteiger partial charge in [-0.05, 0) is 60.8 Å². The molecule has 1 atom stereocenters. The molecule has 1 aromatic rings. The van der Waals surface area contributed by atoms with Crippen molar-refractivity contribution >= 4 is 17.1 Å². The van der Waals surface area contributed by atoms with E-state index in [4.69, 9.17) is 4.99 Å². The van der Waals surface area contributed by atoms with Crippen molar-refractivity contribution in [3.8, 4) is 0 Å². The zero-order chi connectivity index (χ0) is 17.5. The average molecular weight is 323 g/mol. The maximum absolute atomic E-state index is 12.1. The quantitative estimate of drug-likeness (QED) is 0.675. The molecule has 1 aliphatic heterocycles. The highest BCUT2D eigenvalue weighted by Gasteiger charge is 2.13. The van der Waals surface area contributed by atoms with Crippen LogP contribution in [0, 0.1) is 5.92 Å². The van der Waals surface area contributed by atoms with Crippen LogP contribution in [0.25, 0.3) is 5.57 Å². The fourth-order valence-electron chi connectivity index (χ4n) is 2.88. The molecule has 24 heavy (non-hydrogen) atoms. The Balaban J connectivity index is 2.43. The molecule has 0 aliphatic carbocycles. The van der Waals surface area contributed by atoms with Crippen molar-refractivity contribution in [1.82, 2.24) is 0 Å². The van der Waals surface area contributed by atoms with Gasteiger partial charge in [0.25, 0.3) is 0 Å². The minimum atomic E-state index is 0.0359. The fourth-order valence-corrected chi connectivity index (χ4v) is 2.88. The van der Waals surface area contributed by atoms with E-state index in [2.05, 4.69) is 51.1 Å². The molecular weight excluding hydrogens is 294 g/mol. The highest BCUT2D eigenvalue weighted by Crippen LogP contribution is 2.26. The number of nitrogens with zero attached hydrogens (tertiary/aromatic N) is 1. The van der Waals surface area contributed by atoms with Gasteiger partial charge in [-0.3, -0.25) is 4.79 Å². The number of hydrogen-bond acceptors (Lipinski definition) is 2. The van der Waals surface area contributed by atoms with Crippen LogP contribution in [0.5, 0.6) is 0 Å². The summed E-state index contributed by atoms with van der Waals surface area (Å²) in [5.41, 5.74) is 5.39. The molecule has 0 radical (unpaired) electrons. The molecule has 0 saturated heterocycles. The van der Waals surface area contributed by atoms with Gasteiger partial charge >= 0.3 is 0 Å². The van der Waals surface area contributed by atoms with Gasteiger partial charge in [0.1, 0.15) is 5.71 Å². The fraction of sp³-hybridized carbons (Fsp3) is 0.455. The number of ketones is 1. The maximum atomic E-state index is 12.1. The Bertz CT molecular complexity index is 662. The number of carbonyl (C=O) groups is 1. The second kappa shape index (κ2) is 8.77. The second-order valence-electron chi connectivity index (χ2n) is 6.60. The van der Waals surface area contributed by atoms with E-state index in [1.807, 2.05) is 6.08 Å². The number of allylic oxidation sites excluding steroid dienone is 4. The van der Waals surface area contributed by atoms with Crippen molar-refractivity contribution in [2.24, 2.45) is 10.9 Å². The third-order valence-electron chi connectivity index (χ3n) is 4.78. The van der Waals surface area contributed by atoms with Crippen molar-refractivity contribution < 1.29 is 4.79 Å². The van der Waals surface area contributed by atoms with Crippen LogP contribution in [0.2, 0.25) is 0 Å². The van der Waals surface area contributed by atoms with Crippen LogP contribution in [0.15, 0.2) is 47.1 Å². The Morgan fingerprint density at radius 2 is 1.92 bits per heavy atom. The SMILES string of the molecule is CCc1ccc(/C2=C/C(C(C)=O)=N\C(C(C)CC)=C/CCC2)cc1. The molecule has 0 saturated carbocycles. The lowest BCUT2D eigenvalue weighted by atomic mass is 9.97. The molecule has 0 spiro atoms. The van der Waals surface area contributed by atoms with Gasteiger partial charge in [-0.1, -0.05) is 51.1 Å². The minimum absolute atomic E-state index is 0.0359. The summed E-state index contributed by atoms with van der Waals surface area (Å²) in [6.45, 7) is 8.12. The molecule has 0 bridgehead atoms. The van der Waals surface area contributed by atoms with E-state index in [0.29, 0.717) is 11.6 Å². The molecular formula is C22H29NO. The van der Waals surface area contributed by atoms with Crippen molar-refractivity contribution in [3.63, 3.8) is 0 Å². The van der Waals surface area contributed by atoms with Crippen LogP contribution in [-0.4, -0.2) is 11.5 Å². The smallest absolute Gasteiger partial charge is 0.178 e. The minimum Gasteiger partial charge on any atom is -0.293 e. The highest BCUT2D eigenvalue weighted by molar-refractivity contribution is 6.44. The average Bonchev–Trinajstić information content (AvgIpc) is 2.71. The first-order valence-electron chi connectivity index (χ1n) is 9.14. The number of benzene rings is 1. The van der Waals surface area contributed by atoms with E-state index in [9.17, 15) is 4.79 Å². The van der Waals surface area contributed by atoms with Crippen molar-refractivity contribution in [2.75, 3.05) is 0 Å². The molecule has 2 heteroatoms. The van der Waals surface area contributed by atoms with Crippen LogP contribution in [-0.2, 0) is 11.2 Å². The third kappa shape index (κ3) is 4.77. The predicted octanol–water partition coefficient (Wildman–Crippen LogP) is 5.78. The molecule has 1 aromatic carbocycles. The van der Waals surface area contributed by atoms with Crippen LogP contribution in [0.3, 0.4) is 0 Å². The lowest BCUT2D eigenvalue weighted by Crippen LogP contribution is -2.09. The number of aryl methyl sites for hydroxylation is 1. The second-order valence-corrected chi connectivity index (χ2v) is 6.60. The molecule has 1 aliphatic rings. The topological polar surface area (TPSA) is 29.4 Å². The monoisotopic (exact) mass is 323 g/mol. The number of hydrogen-bond donors (Lipinski definition) is 0. The number of Topliss-reactive ketones (excluding diaryl/α,β-unsaturated/α-hetero) is 1. The van der Waals surface area contributed by atoms with Crippen molar-refractivity contribution in [3.05, 3.63) is 53.2 Å². The van der Waals surface area contributed by atoms with Gasteiger partial charge in [-0.15, -0.1) is 0 Å². The highest BCUT2D eigenvalue weighted by atomic mass is 16.1. The van der Waals surface area contributed by atoms with Crippen molar-refractivity contribution in [1.29, 1.82) is 0 Å². The van der Waals surface area contributed by atoms with Gasteiger partial charge in [0.05, 0.1) is 0 Å². The Hall–Kier alpha value is -1.96. The summed E-state index contributed by atoms with van der Waals surface area (Å²) < 4.78 is 0. The van der Waals surface area contributed by atoms with Gasteiger partial charge in [0, 0.05) is 12.6 Å². The summed E-state index contributed by atoms with van der Waals surface area (Å²) in [7, 11) is 0. The molecule has 2 nitrogen and oxygen atoms in total. The van der Waals surface area contributed by atoms with E-state index in [1.165, 1.54) is 16.7 Å². The summed E-state index contributed by atoms with van der Waals surface area (Å²) in [6.07, 6.45) is 9.37. The van der Waals surface area contributed by atoms with E-state index >= 15 is 0 Å². The Morgan fingerprint density at radius 1 is 1.21 bits per heavy atom. The van der Waals surface area contributed by atoms with Gasteiger partial charge in [0.2, 0.25) is 0 Å². The van der Waals surface area contributed by atoms with Crippen LogP contribution >= 0.6 is 0 Å². The molecule has 1 heterocycles. The lowest BCUT2D eigenvalue weighted by Gasteiger charge is -2.10. The first-order chi connectivity index (χ1) is 11.5. The molecule has 1 unspecified atom stereocenters. The van der Waals surface area contributed by atoms with E-state index in [1.54, 1.807) is 6.92 Å². The van der Waals surface area contributed by atoms with E-state index < -0.39 is 0 Å². The number of carbonyl (C=O) groups excluding carboxylic acids is 1.